The van der Waals surface area contributed by atoms with Gasteiger partial charge < -0.3 is 29.2 Å². The monoisotopic (exact) mass is 416 g/mol. The summed E-state index contributed by atoms with van der Waals surface area (Å²) in [7, 11) is 2.91. The first-order chi connectivity index (χ1) is 14.5. The van der Waals surface area contributed by atoms with E-state index in [1.54, 1.807) is 0 Å². The van der Waals surface area contributed by atoms with Crippen molar-refractivity contribution in [2.24, 2.45) is 0 Å². The summed E-state index contributed by atoms with van der Waals surface area (Å²) in [5.74, 6) is 0. The molecule has 0 spiro atoms. The van der Waals surface area contributed by atoms with Crippen molar-refractivity contribution in [1.29, 1.82) is 0 Å². The van der Waals surface area contributed by atoms with Gasteiger partial charge in [-0.1, -0.05) is 66.7 Å². The molecule has 0 aliphatic heterocycles. The van der Waals surface area contributed by atoms with Crippen LogP contribution in [0.5, 0.6) is 0 Å². The molecule has 0 unspecified atom stereocenters. The van der Waals surface area contributed by atoms with Crippen LogP contribution in [0.3, 0.4) is 0 Å². The normalized spacial score (nSPS) is 16.4. The first kappa shape index (κ1) is 24.2. The lowest BCUT2D eigenvalue weighted by Crippen LogP contribution is -2.58. The minimum Gasteiger partial charge on any atom is -0.387 e. The molecule has 2 aromatic rings. The highest BCUT2D eigenvalue weighted by molar-refractivity contribution is 5.14. The molecule has 0 bridgehead atoms. The minimum atomic E-state index is -1.79. The maximum atomic E-state index is 11.2. The zero-order chi connectivity index (χ0) is 21.8. The molecule has 0 saturated heterocycles. The van der Waals surface area contributed by atoms with Gasteiger partial charge in [-0.25, -0.2) is 0 Å². The third-order valence-corrected chi connectivity index (χ3v) is 5.03. The lowest BCUT2D eigenvalue weighted by Gasteiger charge is -2.39. The summed E-state index contributed by atoms with van der Waals surface area (Å²) in [6, 6.07) is 19.4. The van der Waals surface area contributed by atoms with Crippen LogP contribution in [0.15, 0.2) is 73.3 Å². The van der Waals surface area contributed by atoms with E-state index < -0.39 is 23.9 Å². The van der Waals surface area contributed by atoms with Gasteiger partial charge in [-0.3, -0.25) is 0 Å². The Bertz CT molecular complexity index is 723. The zero-order valence-electron chi connectivity index (χ0n) is 17.6. The molecule has 2 N–H and O–H groups in total. The van der Waals surface area contributed by atoms with E-state index in [0.717, 1.165) is 11.1 Å². The van der Waals surface area contributed by atoms with Crippen LogP contribution < -0.4 is 0 Å². The van der Waals surface area contributed by atoms with Crippen LogP contribution in [-0.2, 0) is 32.2 Å². The Kier molecular flexibility index (Phi) is 10.2. The number of aliphatic hydroxyl groups excluding tert-OH is 1. The van der Waals surface area contributed by atoms with E-state index >= 15 is 0 Å². The summed E-state index contributed by atoms with van der Waals surface area (Å²) in [6.45, 7) is 4.57. The second kappa shape index (κ2) is 12.6. The Morgan fingerprint density at radius 1 is 0.867 bits per heavy atom. The van der Waals surface area contributed by atoms with Crippen LogP contribution in [0, 0.1) is 0 Å². The number of aliphatic hydroxyl groups is 2. The molecule has 0 aromatic heterocycles. The number of hydrogen-bond acceptors (Lipinski definition) is 6. The molecule has 4 atom stereocenters. The third-order valence-electron chi connectivity index (χ3n) is 5.03. The van der Waals surface area contributed by atoms with E-state index in [2.05, 4.69) is 6.58 Å². The van der Waals surface area contributed by atoms with Gasteiger partial charge in [0.1, 0.15) is 23.9 Å². The number of ether oxygens (including phenoxy) is 4. The van der Waals surface area contributed by atoms with E-state index in [9.17, 15) is 10.2 Å². The van der Waals surface area contributed by atoms with Crippen molar-refractivity contribution >= 4 is 0 Å². The van der Waals surface area contributed by atoms with Crippen LogP contribution in [0.4, 0.5) is 0 Å². The van der Waals surface area contributed by atoms with Gasteiger partial charge in [-0.15, -0.1) is 6.58 Å². The molecule has 0 radical (unpaired) electrons. The van der Waals surface area contributed by atoms with E-state index in [4.69, 9.17) is 18.9 Å². The minimum absolute atomic E-state index is 0.0618. The van der Waals surface area contributed by atoms with Crippen molar-refractivity contribution in [3.8, 4) is 0 Å². The lowest BCUT2D eigenvalue weighted by atomic mass is 9.87. The predicted octanol–water partition coefficient (Wildman–Crippen LogP) is 2.73. The van der Waals surface area contributed by atoms with Gasteiger partial charge in [0, 0.05) is 14.2 Å². The van der Waals surface area contributed by atoms with Gasteiger partial charge in [0.25, 0.3) is 0 Å². The molecule has 0 saturated carbocycles. The molecule has 164 valence electrons. The molecule has 0 amide bonds. The zero-order valence-corrected chi connectivity index (χ0v) is 17.6. The number of methoxy groups -OCH3 is 2. The fourth-order valence-electron chi connectivity index (χ4n) is 3.14. The predicted molar refractivity (Wildman–Crippen MR) is 115 cm³/mol. The highest BCUT2D eigenvalue weighted by Crippen LogP contribution is 2.25. The van der Waals surface area contributed by atoms with Gasteiger partial charge in [-0.05, 0) is 11.1 Å². The Morgan fingerprint density at radius 2 is 1.37 bits per heavy atom. The number of benzene rings is 2. The largest absolute Gasteiger partial charge is 0.387 e. The summed E-state index contributed by atoms with van der Waals surface area (Å²) in [4.78, 5) is 0. The van der Waals surface area contributed by atoms with Gasteiger partial charge >= 0.3 is 0 Å². The van der Waals surface area contributed by atoms with Gasteiger partial charge in [-0.2, -0.15) is 0 Å². The van der Waals surface area contributed by atoms with Crippen LogP contribution in [0.2, 0.25) is 0 Å². The first-order valence-electron chi connectivity index (χ1n) is 9.88. The fraction of sp³-hybridized carbons (Fsp3) is 0.417. The van der Waals surface area contributed by atoms with Crippen LogP contribution in [0.25, 0.3) is 0 Å². The Morgan fingerprint density at radius 3 is 1.80 bits per heavy atom. The highest BCUT2D eigenvalue weighted by Gasteiger charge is 2.45. The lowest BCUT2D eigenvalue weighted by molar-refractivity contribution is -0.187. The summed E-state index contributed by atoms with van der Waals surface area (Å²) in [5, 5.41) is 22.0. The van der Waals surface area contributed by atoms with Crippen molar-refractivity contribution in [3.63, 3.8) is 0 Å². The second-order valence-electron chi connectivity index (χ2n) is 7.04. The average Bonchev–Trinajstić information content (AvgIpc) is 2.80. The summed E-state index contributed by atoms with van der Waals surface area (Å²) < 4.78 is 22.2. The standard InChI is InChI=1S/C24H32O6/c1-4-24(26,22(28-3)18-30-16-20-13-9-6-10-14-20)23(25)21(27-2)17-29-15-19-11-7-5-8-12-19/h4-14,21-23,25-26H,1,15-18H2,2-3H3/t21-,22-,23-,24-/m1/s1. The van der Waals surface area contributed by atoms with Crippen molar-refractivity contribution < 1.29 is 29.2 Å². The van der Waals surface area contributed by atoms with Crippen molar-refractivity contribution in [2.45, 2.75) is 37.1 Å². The van der Waals surface area contributed by atoms with Crippen molar-refractivity contribution in [2.75, 3.05) is 27.4 Å². The number of rotatable bonds is 14. The maximum absolute atomic E-state index is 11.2. The Balaban J connectivity index is 1.95. The molecule has 2 aromatic carbocycles. The first-order valence-corrected chi connectivity index (χ1v) is 9.88. The SMILES string of the molecule is C=C[C@](O)([C@H](O)[C@@H](COCc1ccccc1)OC)[C@@H](COCc1ccccc1)OC. The molecule has 2 rings (SSSR count). The molecule has 6 nitrogen and oxygen atoms in total. The van der Waals surface area contributed by atoms with Crippen LogP contribution in [0.1, 0.15) is 11.1 Å². The van der Waals surface area contributed by atoms with E-state index in [-0.39, 0.29) is 13.2 Å². The Labute approximate surface area is 178 Å². The maximum Gasteiger partial charge on any atom is 0.139 e. The molecule has 0 fully saturated rings. The molecule has 0 heterocycles. The molecule has 0 aliphatic carbocycles. The highest BCUT2D eigenvalue weighted by atomic mass is 16.6. The molecular formula is C24H32O6. The second-order valence-corrected chi connectivity index (χ2v) is 7.04. The summed E-state index contributed by atoms with van der Waals surface area (Å²) in [6.07, 6.45) is -1.70. The summed E-state index contributed by atoms with van der Waals surface area (Å²) in [5.41, 5.74) is 0.214. The quantitative estimate of drug-likeness (QED) is 0.461. The van der Waals surface area contributed by atoms with Crippen molar-refractivity contribution in [1.82, 2.24) is 0 Å². The van der Waals surface area contributed by atoms with Crippen molar-refractivity contribution in [3.05, 3.63) is 84.4 Å². The molecule has 0 aliphatic rings. The Hall–Kier alpha value is -2.06. The average molecular weight is 417 g/mol. The van der Waals surface area contributed by atoms with Crippen LogP contribution >= 0.6 is 0 Å². The third kappa shape index (κ3) is 6.74. The topological polar surface area (TPSA) is 77.4 Å². The summed E-state index contributed by atoms with van der Waals surface area (Å²) >= 11 is 0. The van der Waals surface area contributed by atoms with Gasteiger partial charge in [0.15, 0.2) is 0 Å². The van der Waals surface area contributed by atoms with E-state index in [1.807, 2.05) is 60.7 Å². The molecular weight excluding hydrogens is 384 g/mol. The van der Waals surface area contributed by atoms with E-state index in [1.165, 1.54) is 20.3 Å². The molecule has 6 heteroatoms. The molecule has 30 heavy (non-hydrogen) atoms. The number of hydrogen-bond donors (Lipinski definition) is 2. The smallest absolute Gasteiger partial charge is 0.139 e. The van der Waals surface area contributed by atoms with Gasteiger partial charge in [0.05, 0.1) is 26.4 Å². The fourth-order valence-corrected chi connectivity index (χ4v) is 3.14. The van der Waals surface area contributed by atoms with Gasteiger partial charge in [0.2, 0.25) is 0 Å². The van der Waals surface area contributed by atoms with Crippen LogP contribution in [-0.4, -0.2) is 61.6 Å². The van der Waals surface area contributed by atoms with E-state index in [0.29, 0.717) is 13.2 Å².